The zero-order valence-electron chi connectivity index (χ0n) is 10.8. The number of benzene rings is 1. The zero-order valence-corrected chi connectivity index (χ0v) is 13.2. The van der Waals surface area contributed by atoms with Crippen LogP contribution in [0.5, 0.6) is 0 Å². The van der Waals surface area contributed by atoms with Gasteiger partial charge in [-0.3, -0.25) is 4.79 Å². The molecule has 1 N–H and O–H groups in total. The molecule has 0 atom stereocenters. The smallest absolute Gasteiger partial charge is 0.355 e. The molecule has 110 valence electrons. The second-order valence-electron chi connectivity index (χ2n) is 4.46. The van der Waals surface area contributed by atoms with Gasteiger partial charge in [0.15, 0.2) is 12.0 Å². The van der Waals surface area contributed by atoms with Crippen LogP contribution in [0.3, 0.4) is 0 Å². The van der Waals surface area contributed by atoms with Crippen LogP contribution < -0.4 is 0 Å². The van der Waals surface area contributed by atoms with Gasteiger partial charge in [0.25, 0.3) is 0 Å². The Labute approximate surface area is 138 Å². The Balaban J connectivity index is 2.32. The van der Waals surface area contributed by atoms with Crippen LogP contribution >= 0.6 is 34.5 Å². The van der Waals surface area contributed by atoms with Gasteiger partial charge in [0.2, 0.25) is 0 Å². The van der Waals surface area contributed by atoms with Gasteiger partial charge in [-0.05, 0) is 23.8 Å². The normalized spacial score (nSPS) is 10.8. The molecule has 0 aliphatic heterocycles. The molecule has 0 saturated heterocycles. The number of nitrogens with zero attached hydrogens (tertiary/aromatic N) is 1. The minimum Gasteiger partial charge on any atom is -0.476 e. The molecular formula is C15H7Cl2NO3S. The van der Waals surface area contributed by atoms with Gasteiger partial charge >= 0.3 is 5.97 Å². The number of pyridine rings is 1. The molecule has 0 aliphatic rings. The summed E-state index contributed by atoms with van der Waals surface area (Å²) in [6, 6.07) is 6.75. The first-order chi connectivity index (χ1) is 10.5. The molecular weight excluding hydrogens is 345 g/mol. The largest absolute Gasteiger partial charge is 0.476 e. The molecule has 0 amide bonds. The quantitative estimate of drug-likeness (QED) is 0.689. The predicted octanol–water partition coefficient (Wildman–Crippen LogP) is 4.78. The summed E-state index contributed by atoms with van der Waals surface area (Å²) in [5.74, 6) is -1.13. The van der Waals surface area contributed by atoms with Crippen molar-refractivity contribution >= 4 is 56.9 Å². The maximum atomic E-state index is 11.3. The summed E-state index contributed by atoms with van der Waals surface area (Å²) in [4.78, 5) is 26.7. The van der Waals surface area contributed by atoms with Crippen molar-refractivity contribution in [2.75, 3.05) is 0 Å². The second-order valence-corrected chi connectivity index (χ2v) is 6.36. The van der Waals surface area contributed by atoms with Crippen molar-refractivity contribution in [2.24, 2.45) is 0 Å². The molecule has 0 aliphatic carbocycles. The number of rotatable bonds is 3. The minimum absolute atomic E-state index is 0.0723. The van der Waals surface area contributed by atoms with Gasteiger partial charge in [-0.25, -0.2) is 9.78 Å². The third-order valence-electron chi connectivity index (χ3n) is 3.13. The van der Waals surface area contributed by atoms with E-state index in [1.807, 2.05) is 0 Å². The molecule has 3 aromatic rings. The number of hydrogen-bond acceptors (Lipinski definition) is 4. The minimum atomic E-state index is -1.13. The zero-order chi connectivity index (χ0) is 15.9. The molecule has 2 heterocycles. The topological polar surface area (TPSA) is 67.3 Å². The molecule has 0 unspecified atom stereocenters. The van der Waals surface area contributed by atoms with E-state index in [2.05, 4.69) is 4.98 Å². The number of carboxylic acids is 1. The fourth-order valence-electron chi connectivity index (χ4n) is 2.15. The molecule has 0 spiro atoms. The maximum Gasteiger partial charge on any atom is 0.355 e. The molecule has 4 nitrogen and oxygen atoms in total. The van der Waals surface area contributed by atoms with Crippen LogP contribution in [0.15, 0.2) is 30.5 Å². The van der Waals surface area contributed by atoms with E-state index in [9.17, 15) is 14.7 Å². The summed E-state index contributed by atoms with van der Waals surface area (Å²) in [5.41, 5.74) is 1.37. The Morgan fingerprint density at radius 1 is 1.23 bits per heavy atom. The first-order valence-corrected chi connectivity index (χ1v) is 7.65. The van der Waals surface area contributed by atoms with Crippen LogP contribution in [0, 0.1) is 0 Å². The van der Waals surface area contributed by atoms with Crippen LogP contribution in [-0.2, 0) is 0 Å². The molecule has 1 aromatic carbocycles. The summed E-state index contributed by atoms with van der Waals surface area (Å²) >= 11 is 13.0. The summed E-state index contributed by atoms with van der Waals surface area (Å²) in [7, 11) is 0. The number of carbonyl (C=O) groups is 2. The number of aldehydes is 1. The van der Waals surface area contributed by atoms with E-state index in [4.69, 9.17) is 23.2 Å². The van der Waals surface area contributed by atoms with Gasteiger partial charge in [0.1, 0.15) is 0 Å². The van der Waals surface area contributed by atoms with Gasteiger partial charge in [-0.1, -0.05) is 29.3 Å². The summed E-state index contributed by atoms with van der Waals surface area (Å²) in [6.07, 6.45) is 2.15. The highest BCUT2D eigenvalue weighted by molar-refractivity contribution is 7.21. The van der Waals surface area contributed by atoms with E-state index < -0.39 is 5.97 Å². The summed E-state index contributed by atoms with van der Waals surface area (Å²) in [5, 5.41) is 10.7. The van der Waals surface area contributed by atoms with Crippen molar-refractivity contribution in [1.29, 1.82) is 0 Å². The van der Waals surface area contributed by atoms with Crippen molar-refractivity contribution in [2.45, 2.75) is 0 Å². The average Bonchev–Trinajstić information content (AvgIpc) is 2.93. The van der Waals surface area contributed by atoms with Crippen LogP contribution in [-0.4, -0.2) is 22.3 Å². The van der Waals surface area contributed by atoms with E-state index in [1.165, 1.54) is 6.20 Å². The Bertz CT molecular complexity index is 921. The molecule has 22 heavy (non-hydrogen) atoms. The monoisotopic (exact) mass is 351 g/mol. The number of carbonyl (C=O) groups excluding carboxylic acids is 1. The lowest BCUT2D eigenvalue weighted by atomic mass is 10.0. The van der Waals surface area contributed by atoms with Gasteiger partial charge < -0.3 is 5.11 Å². The van der Waals surface area contributed by atoms with Gasteiger partial charge in [-0.2, -0.15) is 0 Å². The van der Waals surface area contributed by atoms with E-state index in [-0.39, 0.29) is 5.69 Å². The molecule has 0 bridgehead atoms. The van der Waals surface area contributed by atoms with E-state index in [0.717, 1.165) is 16.9 Å². The van der Waals surface area contributed by atoms with Gasteiger partial charge in [0.05, 0.1) is 19.6 Å². The third kappa shape index (κ3) is 2.47. The number of aromatic carboxylic acids is 1. The summed E-state index contributed by atoms with van der Waals surface area (Å²) < 4.78 is 0.457. The lowest BCUT2D eigenvalue weighted by Gasteiger charge is -2.06. The standard InChI is InChI=1S/C15H7Cl2NO3S/c16-11-2-1-7(3-12(11)17)10-5-18-13(15(20)21)14-9(10)4-8(6-19)22-14/h1-6H,(H,20,21). The van der Waals surface area contributed by atoms with Crippen molar-refractivity contribution in [3.05, 3.63) is 51.1 Å². The summed E-state index contributed by atoms with van der Waals surface area (Å²) in [6.45, 7) is 0. The van der Waals surface area contributed by atoms with Gasteiger partial charge in [-0.15, -0.1) is 11.3 Å². The fourth-order valence-corrected chi connectivity index (χ4v) is 3.42. The number of fused-ring (bicyclic) bond motifs is 1. The molecule has 0 radical (unpaired) electrons. The first kappa shape index (κ1) is 15.0. The van der Waals surface area contributed by atoms with Crippen molar-refractivity contribution in [3.63, 3.8) is 0 Å². The number of thiophene rings is 1. The second kappa shape index (κ2) is 5.68. The van der Waals surface area contributed by atoms with Crippen LogP contribution in [0.1, 0.15) is 20.2 Å². The Morgan fingerprint density at radius 2 is 2.00 bits per heavy atom. The number of halogens is 2. The SMILES string of the molecule is O=Cc1cc2c(-c3ccc(Cl)c(Cl)c3)cnc(C(=O)O)c2s1. The van der Waals surface area contributed by atoms with Crippen molar-refractivity contribution < 1.29 is 14.7 Å². The molecule has 7 heteroatoms. The maximum absolute atomic E-state index is 11.3. The molecule has 2 aromatic heterocycles. The molecule has 0 saturated carbocycles. The fraction of sp³-hybridized carbons (Fsp3) is 0. The highest BCUT2D eigenvalue weighted by atomic mass is 35.5. The first-order valence-electron chi connectivity index (χ1n) is 6.07. The van der Waals surface area contributed by atoms with E-state index in [1.54, 1.807) is 24.3 Å². The lowest BCUT2D eigenvalue weighted by molar-refractivity contribution is 0.0693. The molecule has 3 rings (SSSR count). The van der Waals surface area contributed by atoms with Crippen LogP contribution in [0.2, 0.25) is 10.0 Å². The van der Waals surface area contributed by atoms with E-state index >= 15 is 0 Å². The van der Waals surface area contributed by atoms with E-state index in [0.29, 0.717) is 36.9 Å². The Morgan fingerprint density at radius 3 is 2.64 bits per heavy atom. The molecule has 0 fully saturated rings. The average molecular weight is 352 g/mol. The Kier molecular flexibility index (Phi) is 3.87. The Hall–Kier alpha value is -1.95. The predicted molar refractivity (Wildman–Crippen MR) is 87.4 cm³/mol. The number of carboxylic acid groups (broad SMARTS) is 1. The lowest BCUT2D eigenvalue weighted by Crippen LogP contribution is -2.00. The van der Waals surface area contributed by atoms with Crippen LogP contribution in [0.4, 0.5) is 0 Å². The highest BCUT2D eigenvalue weighted by Crippen LogP contribution is 2.36. The number of aromatic nitrogens is 1. The highest BCUT2D eigenvalue weighted by Gasteiger charge is 2.17. The van der Waals surface area contributed by atoms with Crippen molar-refractivity contribution in [3.8, 4) is 11.1 Å². The van der Waals surface area contributed by atoms with Gasteiger partial charge in [0, 0.05) is 17.1 Å². The van der Waals surface area contributed by atoms with Crippen LogP contribution in [0.25, 0.3) is 21.2 Å². The third-order valence-corrected chi connectivity index (χ3v) is 4.93. The van der Waals surface area contributed by atoms with Crippen molar-refractivity contribution in [1.82, 2.24) is 4.98 Å². The number of hydrogen-bond donors (Lipinski definition) is 1.